The number of nitrogens with one attached hydrogen (secondary N) is 1. The quantitative estimate of drug-likeness (QED) is 0.690. The topological polar surface area (TPSA) is 29.1 Å². The van der Waals surface area contributed by atoms with E-state index in [4.69, 9.17) is 0 Å². The molecule has 0 saturated heterocycles. The highest BCUT2D eigenvalue weighted by Gasteiger charge is 2.13. The Morgan fingerprint density at radius 2 is 1.67 bits per heavy atom. The molecule has 0 aliphatic rings. The highest BCUT2D eigenvalue weighted by molar-refractivity contribution is 5.78. The molecule has 0 saturated carbocycles. The van der Waals surface area contributed by atoms with Crippen LogP contribution in [0.2, 0.25) is 0 Å². The van der Waals surface area contributed by atoms with Gasteiger partial charge in [0.25, 0.3) is 0 Å². The molecule has 2 heteroatoms. The van der Waals surface area contributed by atoms with Crippen molar-refractivity contribution in [1.82, 2.24) is 5.32 Å². The van der Waals surface area contributed by atoms with Gasteiger partial charge in [-0.2, -0.15) is 0 Å². The maximum absolute atomic E-state index is 11.5. The van der Waals surface area contributed by atoms with E-state index in [1.807, 2.05) is 13.8 Å². The molecule has 2 atom stereocenters. The molecule has 0 aromatic heterocycles. The van der Waals surface area contributed by atoms with Crippen LogP contribution in [0, 0.1) is 11.8 Å². The zero-order valence-corrected chi connectivity index (χ0v) is 11.0. The molecule has 2 unspecified atom stereocenters. The van der Waals surface area contributed by atoms with Gasteiger partial charge >= 0.3 is 0 Å². The minimum atomic E-state index is 0.0997. The summed E-state index contributed by atoms with van der Waals surface area (Å²) in [4.78, 5) is 11.5. The van der Waals surface area contributed by atoms with Crippen molar-refractivity contribution in [1.29, 1.82) is 0 Å². The first kappa shape index (κ1) is 14.5. The largest absolute Gasteiger partial charge is 0.353 e. The molecule has 0 aromatic rings. The van der Waals surface area contributed by atoms with E-state index < -0.39 is 0 Å². The lowest BCUT2D eigenvalue weighted by Crippen LogP contribution is -2.37. The second-order valence-electron chi connectivity index (χ2n) is 4.86. The van der Waals surface area contributed by atoms with Crippen LogP contribution >= 0.6 is 0 Å². The van der Waals surface area contributed by atoms with Crippen LogP contribution in [0.4, 0.5) is 0 Å². The molecular formula is C13H27NO. The van der Waals surface area contributed by atoms with Crippen LogP contribution in [-0.4, -0.2) is 11.9 Å². The van der Waals surface area contributed by atoms with Gasteiger partial charge in [0.1, 0.15) is 0 Å². The highest BCUT2D eigenvalue weighted by atomic mass is 16.1. The molecule has 1 N–H and O–H groups in total. The van der Waals surface area contributed by atoms with E-state index in [-0.39, 0.29) is 11.8 Å². The summed E-state index contributed by atoms with van der Waals surface area (Å²) in [5.74, 6) is 1.06. The lowest BCUT2D eigenvalue weighted by Gasteiger charge is -2.20. The smallest absolute Gasteiger partial charge is 0.222 e. The maximum atomic E-state index is 11.5. The van der Waals surface area contributed by atoms with Crippen LogP contribution in [0.3, 0.4) is 0 Å². The van der Waals surface area contributed by atoms with Crippen molar-refractivity contribution in [3.63, 3.8) is 0 Å². The molecule has 0 aliphatic carbocycles. The van der Waals surface area contributed by atoms with Crippen LogP contribution in [0.15, 0.2) is 0 Å². The average Bonchev–Trinajstić information content (AvgIpc) is 2.22. The molecule has 0 aliphatic heterocycles. The van der Waals surface area contributed by atoms with E-state index >= 15 is 0 Å². The molecule has 0 fully saturated rings. The van der Waals surface area contributed by atoms with Gasteiger partial charge in [-0.25, -0.2) is 0 Å². The Hall–Kier alpha value is -0.530. The van der Waals surface area contributed by atoms with Gasteiger partial charge in [-0.1, -0.05) is 41.0 Å². The number of hydrogen-bond donors (Lipinski definition) is 1. The van der Waals surface area contributed by atoms with E-state index in [0.717, 1.165) is 18.8 Å². The Balaban J connectivity index is 3.87. The lowest BCUT2D eigenvalue weighted by atomic mass is 9.98. The Kier molecular flexibility index (Phi) is 7.45. The average molecular weight is 213 g/mol. The molecule has 0 rings (SSSR count). The van der Waals surface area contributed by atoms with E-state index in [0.29, 0.717) is 6.04 Å². The summed E-state index contributed by atoms with van der Waals surface area (Å²) in [6.07, 6.45) is 4.60. The third-order valence-corrected chi connectivity index (χ3v) is 3.07. The zero-order chi connectivity index (χ0) is 11.8. The summed E-state index contributed by atoms with van der Waals surface area (Å²) in [6, 6.07) is 0.369. The first-order valence-corrected chi connectivity index (χ1v) is 6.31. The van der Waals surface area contributed by atoms with Gasteiger partial charge in [0, 0.05) is 12.0 Å². The first-order valence-electron chi connectivity index (χ1n) is 6.31. The molecule has 2 nitrogen and oxygen atoms in total. The van der Waals surface area contributed by atoms with Crippen LogP contribution < -0.4 is 5.32 Å². The third-order valence-electron chi connectivity index (χ3n) is 3.07. The summed E-state index contributed by atoms with van der Waals surface area (Å²) >= 11 is 0. The van der Waals surface area contributed by atoms with Crippen LogP contribution in [-0.2, 0) is 4.79 Å². The van der Waals surface area contributed by atoms with Crippen molar-refractivity contribution < 1.29 is 4.79 Å². The normalized spacial score (nSPS) is 15.1. The van der Waals surface area contributed by atoms with Crippen LogP contribution in [0.5, 0.6) is 0 Å². The number of carbonyl (C=O) groups excluding carboxylic acids is 1. The number of rotatable bonds is 7. The predicted molar refractivity (Wildman–Crippen MR) is 65.7 cm³/mol. The van der Waals surface area contributed by atoms with Crippen molar-refractivity contribution in [3.05, 3.63) is 0 Å². The standard InChI is InChI=1S/C13H27NO/c1-6-11(5)8-9-12(7-2)14-13(15)10(3)4/h10-12H,6-9H2,1-5H3,(H,14,15). The lowest BCUT2D eigenvalue weighted by molar-refractivity contribution is -0.124. The van der Waals surface area contributed by atoms with Crippen molar-refractivity contribution >= 4 is 5.91 Å². The number of amides is 1. The molecule has 0 bridgehead atoms. The Morgan fingerprint density at radius 1 is 1.07 bits per heavy atom. The second kappa shape index (κ2) is 7.72. The fourth-order valence-corrected chi connectivity index (χ4v) is 1.44. The molecule has 15 heavy (non-hydrogen) atoms. The summed E-state index contributed by atoms with van der Waals surface area (Å²) in [6.45, 7) is 10.5. The summed E-state index contributed by atoms with van der Waals surface area (Å²) in [5, 5.41) is 3.11. The number of carbonyl (C=O) groups is 1. The fourth-order valence-electron chi connectivity index (χ4n) is 1.44. The molecule has 90 valence electrons. The molecule has 0 heterocycles. The van der Waals surface area contributed by atoms with Gasteiger partial charge in [-0.15, -0.1) is 0 Å². The summed E-state index contributed by atoms with van der Waals surface area (Å²) in [5.41, 5.74) is 0. The minimum absolute atomic E-state index is 0.0997. The SMILES string of the molecule is CCC(C)CCC(CC)NC(=O)C(C)C. The first-order chi connectivity index (χ1) is 7.01. The van der Waals surface area contributed by atoms with Gasteiger partial charge in [0.15, 0.2) is 0 Å². The minimum Gasteiger partial charge on any atom is -0.353 e. The Labute approximate surface area is 94.8 Å². The second-order valence-corrected chi connectivity index (χ2v) is 4.86. The van der Waals surface area contributed by atoms with Gasteiger partial charge in [-0.05, 0) is 25.2 Å². The Morgan fingerprint density at radius 3 is 2.07 bits per heavy atom. The van der Waals surface area contributed by atoms with Gasteiger partial charge < -0.3 is 5.32 Å². The van der Waals surface area contributed by atoms with E-state index in [2.05, 4.69) is 26.1 Å². The van der Waals surface area contributed by atoms with Crippen molar-refractivity contribution in [2.75, 3.05) is 0 Å². The molecule has 0 spiro atoms. The van der Waals surface area contributed by atoms with E-state index in [1.54, 1.807) is 0 Å². The highest BCUT2D eigenvalue weighted by Crippen LogP contribution is 2.13. The van der Waals surface area contributed by atoms with Gasteiger partial charge in [0.2, 0.25) is 5.91 Å². The maximum Gasteiger partial charge on any atom is 0.222 e. The van der Waals surface area contributed by atoms with Gasteiger partial charge in [-0.3, -0.25) is 4.79 Å². The number of hydrogen-bond acceptors (Lipinski definition) is 1. The third kappa shape index (κ3) is 6.53. The summed E-state index contributed by atoms with van der Waals surface area (Å²) in [7, 11) is 0. The monoisotopic (exact) mass is 213 g/mol. The zero-order valence-electron chi connectivity index (χ0n) is 11.0. The fraction of sp³-hybridized carbons (Fsp3) is 0.923. The van der Waals surface area contributed by atoms with Crippen LogP contribution in [0.25, 0.3) is 0 Å². The molecule has 0 aromatic carbocycles. The van der Waals surface area contributed by atoms with Crippen molar-refractivity contribution in [2.24, 2.45) is 11.8 Å². The van der Waals surface area contributed by atoms with Gasteiger partial charge in [0.05, 0.1) is 0 Å². The molecule has 1 amide bonds. The summed E-state index contributed by atoms with van der Waals surface area (Å²) < 4.78 is 0. The Bertz CT molecular complexity index is 177. The van der Waals surface area contributed by atoms with E-state index in [9.17, 15) is 4.79 Å². The predicted octanol–water partition coefficient (Wildman–Crippen LogP) is 3.36. The molecular weight excluding hydrogens is 186 g/mol. The van der Waals surface area contributed by atoms with Crippen molar-refractivity contribution in [2.45, 2.75) is 66.3 Å². The van der Waals surface area contributed by atoms with E-state index in [1.165, 1.54) is 12.8 Å². The van der Waals surface area contributed by atoms with Crippen LogP contribution in [0.1, 0.15) is 60.3 Å². The van der Waals surface area contributed by atoms with Crippen molar-refractivity contribution in [3.8, 4) is 0 Å². The molecule has 0 radical (unpaired) electrons.